The molecule has 4 heteroatoms. The summed E-state index contributed by atoms with van der Waals surface area (Å²) in [6.45, 7) is 8.76. The van der Waals surface area contributed by atoms with Gasteiger partial charge in [0.25, 0.3) is 0 Å². The van der Waals surface area contributed by atoms with Crippen LogP contribution in [0, 0.1) is 13.8 Å². The van der Waals surface area contributed by atoms with Gasteiger partial charge in [-0.3, -0.25) is 0 Å². The molecule has 1 unspecified atom stereocenters. The van der Waals surface area contributed by atoms with Crippen molar-refractivity contribution < 1.29 is 4.74 Å². The highest BCUT2D eigenvalue weighted by molar-refractivity contribution is 7.10. The van der Waals surface area contributed by atoms with Gasteiger partial charge in [0.2, 0.25) is 0 Å². The molecule has 3 nitrogen and oxygen atoms in total. The monoisotopic (exact) mass is 276 g/mol. The Morgan fingerprint density at radius 1 is 1.37 bits per heavy atom. The van der Waals surface area contributed by atoms with Crippen LogP contribution in [-0.2, 0) is 0 Å². The van der Waals surface area contributed by atoms with E-state index in [0.717, 1.165) is 27.6 Å². The van der Waals surface area contributed by atoms with Gasteiger partial charge in [0.05, 0.1) is 18.3 Å². The molecular weight excluding hydrogens is 256 g/mol. The third-order valence-corrected chi connectivity index (χ3v) is 3.94. The molecule has 0 amide bonds. The topological polar surface area (TPSA) is 48.1 Å². The van der Waals surface area contributed by atoms with Gasteiger partial charge in [0.1, 0.15) is 10.8 Å². The minimum absolute atomic E-state index is 0.0276. The summed E-state index contributed by atoms with van der Waals surface area (Å²) in [5.74, 6) is 0.926. The van der Waals surface area contributed by atoms with Crippen LogP contribution in [0.25, 0.3) is 11.3 Å². The molecule has 0 aliphatic heterocycles. The number of rotatable bonds is 4. The van der Waals surface area contributed by atoms with E-state index in [2.05, 4.69) is 36.3 Å². The van der Waals surface area contributed by atoms with Crippen molar-refractivity contribution in [2.45, 2.75) is 33.7 Å². The summed E-state index contributed by atoms with van der Waals surface area (Å²) in [7, 11) is 0. The van der Waals surface area contributed by atoms with Crippen LogP contribution in [0.15, 0.2) is 17.5 Å². The molecule has 1 aromatic carbocycles. The number of hydrogen-bond acceptors (Lipinski definition) is 4. The number of aromatic nitrogens is 1. The van der Waals surface area contributed by atoms with Crippen molar-refractivity contribution >= 4 is 11.3 Å². The average molecular weight is 276 g/mol. The van der Waals surface area contributed by atoms with Gasteiger partial charge >= 0.3 is 0 Å². The summed E-state index contributed by atoms with van der Waals surface area (Å²) < 4.78 is 5.78. The number of nitrogens with two attached hydrogens (primary N) is 1. The highest BCUT2D eigenvalue weighted by atomic mass is 32.1. The second-order valence-electron chi connectivity index (χ2n) is 4.75. The molecule has 0 aliphatic carbocycles. The van der Waals surface area contributed by atoms with Crippen molar-refractivity contribution in [2.24, 2.45) is 5.73 Å². The first-order valence-electron chi connectivity index (χ1n) is 6.48. The van der Waals surface area contributed by atoms with E-state index in [-0.39, 0.29) is 6.04 Å². The molecule has 0 aliphatic rings. The molecule has 2 aromatic rings. The van der Waals surface area contributed by atoms with Crippen LogP contribution in [0.2, 0.25) is 0 Å². The first-order chi connectivity index (χ1) is 9.02. The van der Waals surface area contributed by atoms with Gasteiger partial charge in [0.15, 0.2) is 0 Å². The Balaban J connectivity index is 2.52. The van der Waals surface area contributed by atoms with E-state index in [9.17, 15) is 0 Å². The van der Waals surface area contributed by atoms with Crippen LogP contribution >= 0.6 is 11.3 Å². The zero-order chi connectivity index (χ0) is 14.0. The number of thiazole rings is 1. The first kappa shape index (κ1) is 14.0. The lowest BCUT2D eigenvalue weighted by molar-refractivity contribution is 0.339. The molecular formula is C15H20N2OS. The number of nitrogens with zero attached hydrogens (tertiary/aromatic N) is 1. The zero-order valence-corrected chi connectivity index (χ0v) is 12.7. The van der Waals surface area contributed by atoms with Crippen LogP contribution in [0.4, 0.5) is 0 Å². The Morgan fingerprint density at radius 2 is 2.11 bits per heavy atom. The summed E-state index contributed by atoms with van der Waals surface area (Å²) in [5.41, 5.74) is 10.2. The molecule has 0 saturated carbocycles. The minimum Gasteiger partial charge on any atom is -0.493 e. The van der Waals surface area contributed by atoms with Crippen LogP contribution in [0.5, 0.6) is 5.75 Å². The molecule has 0 radical (unpaired) electrons. The van der Waals surface area contributed by atoms with Gasteiger partial charge in [-0.05, 0) is 44.9 Å². The molecule has 102 valence electrons. The molecule has 1 aromatic heterocycles. The second-order valence-corrected chi connectivity index (χ2v) is 5.64. The van der Waals surface area contributed by atoms with E-state index in [4.69, 9.17) is 10.5 Å². The van der Waals surface area contributed by atoms with Crippen molar-refractivity contribution in [1.82, 2.24) is 4.98 Å². The Morgan fingerprint density at radius 3 is 2.68 bits per heavy atom. The van der Waals surface area contributed by atoms with E-state index >= 15 is 0 Å². The number of benzene rings is 1. The molecule has 0 spiro atoms. The van der Waals surface area contributed by atoms with Gasteiger partial charge in [-0.15, -0.1) is 11.3 Å². The quantitative estimate of drug-likeness (QED) is 0.922. The molecule has 1 heterocycles. The summed E-state index contributed by atoms with van der Waals surface area (Å²) >= 11 is 1.60. The van der Waals surface area contributed by atoms with Crippen molar-refractivity contribution in [3.8, 4) is 17.0 Å². The van der Waals surface area contributed by atoms with Crippen molar-refractivity contribution in [2.75, 3.05) is 6.61 Å². The largest absolute Gasteiger partial charge is 0.493 e. The number of ether oxygens (including phenoxy) is 1. The highest BCUT2D eigenvalue weighted by Gasteiger charge is 2.14. The normalized spacial score (nSPS) is 12.5. The van der Waals surface area contributed by atoms with E-state index in [1.54, 1.807) is 11.3 Å². The van der Waals surface area contributed by atoms with Crippen molar-refractivity contribution in [3.05, 3.63) is 33.6 Å². The van der Waals surface area contributed by atoms with E-state index in [0.29, 0.717) is 6.61 Å². The fourth-order valence-corrected chi connectivity index (χ4v) is 2.88. The SMILES string of the molecule is CCOc1c(C)cc(C)cc1-c1csc(C(C)N)n1. The highest BCUT2D eigenvalue weighted by Crippen LogP contribution is 2.35. The van der Waals surface area contributed by atoms with E-state index < -0.39 is 0 Å². The minimum atomic E-state index is -0.0276. The lowest BCUT2D eigenvalue weighted by Gasteiger charge is -2.13. The molecule has 1 atom stereocenters. The molecule has 0 bridgehead atoms. The van der Waals surface area contributed by atoms with Crippen LogP contribution < -0.4 is 10.5 Å². The van der Waals surface area contributed by atoms with Crippen LogP contribution in [-0.4, -0.2) is 11.6 Å². The third kappa shape index (κ3) is 2.96. The molecule has 19 heavy (non-hydrogen) atoms. The lowest BCUT2D eigenvalue weighted by atomic mass is 10.0. The van der Waals surface area contributed by atoms with Crippen LogP contribution in [0.3, 0.4) is 0 Å². The third-order valence-electron chi connectivity index (χ3n) is 2.90. The predicted molar refractivity (Wildman–Crippen MR) is 80.8 cm³/mol. The van der Waals surface area contributed by atoms with E-state index in [1.807, 2.05) is 13.8 Å². The van der Waals surface area contributed by atoms with Crippen LogP contribution in [0.1, 0.15) is 36.0 Å². The summed E-state index contributed by atoms with van der Waals surface area (Å²) in [4.78, 5) is 4.62. The van der Waals surface area contributed by atoms with Gasteiger partial charge in [0, 0.05) is 10.9 Å². The fraction of sp³-hybridized carbons (Fsp3) is 0.400. The van der Waals surface area contributed by atoms with Gasteiger partial charge < -0.3 is 10.5 Å². The Kier molecular flexibility index (Phi) is 4.22. The maximum absolute atomic E-state index is 5.88. The van der Waals surface area contributed by atoms with E-state index in [1.165, 1.54) is 5.56 Å². The molecule has 0 fully saturated rings. The maximum Gasteiger partial charge on any atom is 0.131 e. The number of aryl methyl sites for hydroxylation is 2. The van der Waals surface area contributed by atoms with Gasteiger partial charge in [-0.1, -0.05) is 6.07 Å². The Bertz CT molecular complexity index is 576. The predicted octanol–water partition coefficient (Wildman–Crippen LogP) is 3.85. The zero-order valence-electron chi connectivity index (χ0n) is 11.9. The Hall–Kier alpha value is -1.39. The smallest absolute Gasteiger partial charge is 0.131 e. The average Bonchev–Trinajstić information content (AvgIpc) is 2.81. The fourth-order valence-electron chi connectivity index (χ4n) is 2.10. The van der Waals surface area contributed by atoms with Crippen molar-refractivity contribution in [3.63, 3.8) is 0 Å². The first-order valence-corrected chi connectivity index (χ1v) is 7.36. The standard InChI is InChI=1S/C15H20N2OS/c1-5-18-14-10(3)6-9(2)7-12(14)13-8-19-15(17-13)11(4)16/h6-8,11H,5,16H2,1-4H3. The summed E-state index contributed by atoms with van der Waals surface area (Å²) in [5, 5.41) is 3.01. The Labute approximate surface area is 118 Å². The molecule has 2 rings (SSSR count). The number of hydrogen-bond donors (Lipinski definition) is 1. The molecule has 0 saturated heterocycles. The van der Waals surface area contributed by atoms with Gasteiger partial charge in [-0.2, -0.15) is 0 Å². The molecule has 2 N–H and O–H groups in total. The van der Waals surface area contributed by atoms with Crippen molar-refractivity contribution in [1.29, 1.82) is 0 Å². The van der Waals surface area contributed by atoms with Gasteiger partial charge in [-0.25, -0.2) is 4.98 Å². The lowest BCUT2D eigenvalue weighted by Crippen LogP contribution is -2.04. The summed E-state index contributed by atoms with van der Waals surface area (Å²) in [6.07, 6.45) is 0. The summed E-state index contributed by atoms with van der Waals surface area (Å²) in [6, 6.07) is 4.23. The maximum atomic E-state index is 5.88. The second kappa shape index (κ2) is 5.72.